The molecular formula is C21H24ClF3N4. The second-order valence-corrected chi connectivity index (χ2v) is 8.20. The number of hydrogen-bond acceptors (Lipinski definition) is 4. The van der Waals surface area contributed by atoms with Gasteiger partial charge in [-0.05, 0) is 63.3 Å². The largest absolute Gasteiger partial charge is 0.416 e. The summed E-state index contributed by atoms with van der Waals surface area (Å²) < 4.78 is 39.0. The molecule has 1 aromatic heterocycles. The number of halogens is 4. The van der Waals surface area contributed by atoms with Gasteiger partial charge in [0.15, 0.2) is 0 Å². The fourth-order valence-corrected chi connectivity index (χ4v) is 4.29. The SMILES string of the molecule is CCCNC(c1nc(C)nc2c1CCN2c1ccc(C(F)(F)F)cc1Cl)C1CC1. The molecule has 1 aliphatic carbocycles. The average Bonchev–Trinajstić information content (AvgIpc) is 3.41. The van der Waals surface area contributed by atoms with Gasteiger partial charge in [0, 0.05) is 12.1 Å². The molecule has 1 unspecified atom stereocenters. The molecule has 1 aromatic carbocycles. The number of aromatic nitrogens is 2. The molecule has 0 bridgehead atoms. The molecule has 1 N–H and O–H groups in total. The van der Waals surface area contributed by atoms with E-state index >= 15 is 0 Å². The van der Waals surface area contributed by atoms with Crippen molar-refractivity contribution < 1.29 is 13.2 Å². The number of aryl methyl sites for hydroxylation is 1. The molecule has 8 heteroatoms. The second-order valence-electron chi connectivity index (χ2n) is 7.79. The monoisotopic (exact) mass is 424 g/mol. The van der Waals surface area contributed by atoms with Gasteiger partial charge in [0.25, 0.3) is 0 Å². The van der Waals surface area contributed by atoms with Crippen LogP contribution in [0.5, 0.6) is 0 Å². The Hall–Kier alpha value is -1.86. The first-order valence-electron chi connectivity index (χ1n) is 10.0. The van der Waals surface area contributed by atoms with Gasteiger partial charge in [0.05, 0.1) is 28.0 Å². The van der Waals surface area contributed by atoms with Gasteiger partial charge in [-0.3, -0.25) is 0 Å². The maximum absolute atomic E-state index is 13.0. The molecule has 0 amide bonds. The van der Waals surface area contributed by atoms with Crippen molar-refractivity contribution in [2.45, 2.75) is 51.7 Å². The molecule has 0 saturated heterocycles. The quantitative estimate of drug-likeness (QED) is 0.655. The van der Waals surface area contributed by atoms with Crippen molar-refractivity contribution in [2.24, 2.45) is 5.92 Å². The summed E-state index contributed by atoms with van der Waals surface area (Å²) in [7, 11) is 0. The molecule has 1 fully saturated rings. The van der Waals surface area contributed by atoms with Gasteiger partial charge in [0.2, 0.25) is 0 Å². The van der Waals surface area contributed by atoms with Gasteiger partial charge in [-0.2, -0.15) is 13.2 Å². The zero-order chi connectivity index (χ0) is 20.8. The van der Waals surface area contributed by atoms with E-state index in [2.05, 4.69) is 17.2 Å². The standard InChI is InChI=1S/C21H24ClF3N4/c1-3-9-26-18(13-4-5-13)19-15-8-10-29(20(15)28-12(2)27-19)17-7-6-14(11-16(17)22)21(23,24)25/h6-7,11,13,18,26H,3-5,8-10H2,1-2H3. The highest BCUT2D eigenvalue weighted by molar-refractivity contribution is 6.33. The van der Waals surface area contributed by atoms with Crippen LogP contribution in [0.1, 0.15) is 54.9 Å². The van der Waals surface area contributed by atoms with Crippen molar-refractivity contribution in [2.75, 3.05) is 18.0 Å². The fraction of sp³-hybridized carbons (Fsp3) is 0.524. The normalized spacial score (nSPS) is 17.5. The summed E-state index contributed by atoms with van der Waals surface area (Å²) in [6, 6.07) is 3.70. The number of nitrogens with zero attached hydrogens (tertiary/aromatic N) is 3. The molecule has 0 radical (unpaired) electrons. The highest BCUT2D eigenvalue weighted by atomic mass is 35.5. The number of hydrogen-bond donors (Lipinski definition) is 1. The van der Waals surface area contributed by atoms with Crippen molar-refractivity contribution in [3.05, 3.63) is 45.9 Å². The highest BCUT2D eigenvalue weighted by Crippen LogP contribution is 2.45. The first-order chi connectivity index (χ1) is 13.8. The summed E-state index contributed by atoms with van der Waals surface area (Å²) in [6.07, 6.45) is -0.247. The van der Waals surface area contributed by atoms with Crippen LogP contribution in [-0.2, 0) is 12.6 Å². The molecule has 0 spiro atoms. The number of fused-ring (bicyclic) bond motifs is 1. The van der Waals surface area contributed by atoms with Gasteiger partial charge in [-0.25, -0.2) is 9.97 Å². The van der Waals surface area contributed by atoms with E-state index in [1.807, 2.05) is 11.8 Å². The topological polar surface area (TPSA) is 41.1 Å². The van der Waals surface area contributed by atoms with Crippen molar-refractivity contribution in [1.29, 1.82) is 0 Å². The lowest BCUT2D eigenvalue weighted by Gasteiger charge is -2.23. The van der Waals surface area contributed by atoms with Crippen LogP contribution in [-0.4, -0.2) is 23.1 Å². The van der Waals surface area contributed by atoms with E-state index in [-0.39, 0.29) is 11.1 Å². The smallest absolute Gasteiger partial charge is 0.324 e. The highest BCUT2D eigenvalue weighted by Gasteiger charge is 2.38. The van der Waals surface area contributed by atoms with Gasteiger partial charge in [-0.15, -0.1) is 0 Å². The molecule has 4 nitrogen and oxygen atoms in total. The van der Waals surface area contributed by atoms with Crippen molar-refractivity contribution in [3.63, 3.8) is 0 Å². The van der Waals surface area contributed by atoms with E-state index in [1.54, 1.807) is 0 Å². The molecule has 1 atom stereocenters. The molecule has 1 aliphatic heterocycles. The Kier molecular flexibility index (Phi) is 5.46. The predicted molar refractivity (Wildman–Crippen MR) is 108 cm³/mol. The molecule has 2 aromatic rings. The van der Waals surface area contributed by atoms with Crippen molar-refractivity contribution >= 4 is 23.1 Å². The Morgan fingerprint density at radius 1 is 1.28 bits per heavy atom. The van der Waals surface area contributed by atoms with Crippen LogP contribution in [0.4, 0.5) is 24.7 Å². The number of benzene rings is 1. The third-order valence-corrected chi connectivity index (χ3v) is 5.84. The third-order valence-electron chi connectivity index (χ3n) is 5.54. The fourth-order valence-electron chi connectivity index (χ4n) is 4.00. The molecule has 1 saturated carbocycles. The van der Waals surface area contributed by atoms with E-state index in [4.69, 9.17) is 16.6 Å². The summed E-state index contributed by atoms with van der Waals surface area (Å²) in [4.78, 5) is 11.3. The summed E-state index contributed by atoms with van der Waals surface area (Å²) in [6.45, 7) is 5.55. The predicted octanol–water partition coefficient (Wildman–Crippen LogP) is 5.60. The van der Waals surface area contributed by atoms with Gasteiger partial charge >= 0.3 is 6.18 Å². The summed E-state index contributed by atoms with van der Waals surface area (Å²) in [5.41, 5.74) is 1.91. The Labute approximate surface area is 173 Å². The third kappa shape index (κ3) is 4.08. The van der Waals surface area contributed by atoms with E-state index in [9.17, 15) is 13.2 Å². The van der Waals surface area contributed by atoms with Gasteiger partial charge in [0.1, 0.15) is 11.6 Å². The van der Waals surface area contributed by atoms with E-state index in [0.29, 0.717) is 24.0 Å². The number of rotatable bonds is 6. The van der Waals surface area contributed by atoms with Gasteiger partial charge < -0.3 is 10.2 Å². The Bertz CT molecular complexity index is 912. The minimum Gasteiger partial charge on any atom is -0.324 e. The number of anilines is 2. The van der Waals surface area contributed by atoms with Crippen LogP contribution in [0, 0.1) is 12.8 Å². The average molecular weight is 425 g/mol. The van der Waals surface area contributed by atoms with Crippen molar-refractivity contribution in [3.8, 4) is 0 Å². The molecule has 156 valence electrons. The minimum atomic E-state index is -4.42. The van der Waals surface area contributed by atoms with Crippen LogP contribution in [0.3, 0.4) is 0 Å². The minimum absolute atomic E-state index is 0.0772. The second kappa shape index (κ2) is 7.76. The Balaban J connectivity index is 1.72. The van der Waals surface area contributed by atoms with Crippen molar-refractivity contribution in [1.82, 2.24) is 15.3 Å². The van der Waals surface area contributed by atoms with Crippen LogP contribution in [0.2, 0.25) is 5.02 Å². The molecule has 2 aliphatic rings. The van der Waals surface area contributed by atoms with Crippen LogP contribution in [0.25, 0.3) is 0 Å². The van der Waals surface area contributed by atoms with E-state index in [1.165, 1.54) is 18.9 Å². The molecule has 29 heavy (non-hydrogen) atoms. The first kappa shape index (κ1) is 20.4. The molecule has 4 rings (SSSR count). The van der Waals surface area contributed by atoms with Crippen LogP contribution < -0.4 is 10.2 Å². The lowest BCUT2D eigenvalue weighted by atomic mass is 10.0. The number of alkyl halides is 3. The van der Waals surface area contributed by atoms with Crippen LogP contribution >= 0.6 is 11.6 Å². The Morgan fingerprint density at radius 3 is 2.66 bits per heavy atom. The Morgan fingerprint density at radius 2 is 2.03 bits per heavy atom. The van der Waals surface area contributed by atoms with E-state index < -0.39 is 11.7 Å². The molecular weight excluding hydrogens is 401 g/mol. The first-order valence-corrected chi connectivity index (χ1v) is 10.4. The summed E-state index contributed by atoms with van der Waals surface area (Å²) in [5.74, 6) is 2.01. The zero-order valence-corrected chi connectivity index (χ0v) is 17.2. The zero-order valence-electron chi connectivity index (χ0n) is 16.5. The van der Waals surface area contributed by atoms with E-state index in [0.717, 1.165) is 48.6 Å². The lowest BCUT2D eigenvalue weighted by Crippen LogP contribution is -2.26. The number of nitrogens with one attached hydrogen (secondary N) is 1. The maximum Gasteiger partial charge on any atom is 0.416 e. The summed E-state index contributed by atoms with van der Waals surface area (Å²) in [5, 5.41) is 3.71. The van der Waals surface area contributed by atoms with Gasteiger partial charge in [-0.1, -0.05) is 18.5 Å². The van der Waals surface area contributed by atoms with Crippen LogP contribution in [0.15, 0.2) is 18.2 Å². The molecule has 2 heterocycles. The summed E-state index contributed by atoms with van der Waals surface area (Å²) >= 11 is 6.26. The lowest BCUT2D eigenvalue weighted by molar-refractivity contribution is -0.137. The maximum atomic E-state index is 13.0.